The van der Waals surface area contributed by atoms with Crippen molar-refractivity contribution < 1.29 is 9.72 Å². The zero-order valence-electron chi connectivity index (χ0n) is 18.9. The molecule has 0 atom stereocenters. The largest absolute Gasteiger partial charge is 0.363 e. The van der Waals surface area contributed by atoms with Crippen LogP contribution in [0, 0.1) is 10.1 Å². The molecule has 1 fully saturated rings. The molecule has 0 amide bonds. The Labute approximate surface area is 200 Å². The van der Waals surface area contributed by atoms with Crippen molar-refractivity contribution in [1.29, 1.82) is 0 Å². The van der Waals surface area contributed by atoms with E-state index in [1.54, 1.807) is 48.5 Å². The van der Waals surface area contributed by atoms with Crippen molar-refractivity contribution in [3.63, 3.8) is 0 Å². The highest BCUT2D eigenvalue weighted by molar-refractivity contribution is 6.09. The average Bonchev–Trinajstić information content (AvgIpc) is 2.89. The van der Waals surface area contributed by atoms with E-state index in [4.69, 9.17) is 0 Å². The molecule has 0 spiro atoms. The Hall–Kier alpha value is -4.37. The molecule has 1 N–H and O–H groups in total. The van der Waals surface area contributed by atoms with Crippen LogP contribution in [0.15, 0.2) is 77.6 Å². The number of hydrogen-bond acceptors (Lipinski definition) is 7. The van der Waals surface area contributed by atoms with Gasteiger partial charge in [-0.3, -0.25) is 24.6 Å². The van der Waals surface area contributed by atoms with Gasteiger partial charge in [-0.1, -0.05) is 42.5 Å². The van der Waals surface area contributed by atoms with Crippen molar-refractivity contribution in [1.82, 2.24) is 14.9 Å². The minimum atomic E-state index is -0.437. The highest BCUT2D eigenvalue weighted by Crippen LogP contribution is 2.31. The molecule has 176 valence electrons. The molecule has 0 bridgehead atoms. The summed E-state index contributed by atoms with van der Waals surface area (Å²) in [7, 11) is 0. The first-order valence-corrected chi connectivity index (χ1v) is 11.3. The number of para-hydroxylation sites is 1. The van der Waals surface area contributed by atoms with Gasteiger partial charge in [0.25, 0.3) is 11.2 Å². The molecule has 0 unspecified atom stereocenters. The van der Waals surface area contributed by atoms with Crippen LogP contribution in [0.3, 0.4) is 0 Å². The third-order valence-corrected chi connectivity index (χ3v) is 6.22. The van der Waals surface area contributed by atoms with E-state index in [1.165, 1.54) is 6.07 Å². The molecule has 0 radical (unpaired) electrons. The number of aromatic amines is 1. The van der Waals surface area contributed by atoms with Crippen LogP contribution < -0.4 is 10.5 Å². The van der Waals surface area contributed by atoms with Crippen LogP contribution in [0.1, 0.15) is 21.7 Å². The van der Waals surface area contributed by atoms with E-state index >= 15 is 0 Å². The molecule has 1 saturated heterocycles. The SMILES string of the molecule is O=C(c1ccccc1)c1ccc(N2CCN(Cc3nc4ccccc4c(=O)[nH]3)CC2)c([N+](=O)[O-])c1. The van der Waals surface area contributed by atoms with Crippen LogP contribution in [0.4, 0.5) is 11.4 Å². The fourth-order valence-corrected chi connectivity index (χ4v) is 4.40. The second kappa shape index (κ2) is 9.47. The number of fused-ring (bicyclic) bond motifs is 1. The van der Waals surface area contributed by atoms with Crippen LogP contribution in [0.2, 0.25) is 0 Å². The Morgan fingerprint density at radius 1 is 0.943 bits per heavy atom. The Kier molecular flexibility index (Phi) is 6.07. The van der Waals surface area contributed by atoms with Crippen LogP contribution >= 0.6 is 0 Å². The normalized spacial score (nSPS) is 14.2. The Balaban J connectivity index is 1.30. The Morgan fingerprint density at radius 3 is 2.40 bits per heavy atom. The van der Waals surface area contributed by atoms with E-state index in [9.17, 15) is 19.7 Å². The third-order valence-electron chi connectivity index (χ3n) is 6.22. The first-order chi connectivity index (χ1) is 17.0. The summed E-state index contributed by atoms with van der Waals surface area (Å²) in [6.07, 6.45) is 0. The lowest BCUT2D eigenvalue weighted by molar-refractivity contribution is -0.384. The number of hydrogen-bond donors (Lipinski definition) is 1. The van der Waals surface area contributed by atoms with Gasteiger partial charge in [0, 0.05) is 43.4 Å². The zero-order chi connectivity index (χ0) is 24.4. The second-order valence-corrected chi connectivity index (χ2v) is 8.45. The molecule has 3 aromatic carbocycles. The van der Waals surface area contributed by atoms with Crippen molar-refractivity contribution in [3.8, 4) is 0 Å². The molecule has 5 rings (SSSR count). The van der Waals surface area contributed by atoms with Crippen LogP contribution in [-0.4, -0.2) is 51.8 Å². The van der Waals surface area contributed by atoms with Gasteiger partial charge in [-0.05, 0) is 24.3 Å². The van der Waals surface area contributed by atoms with E-state index < -0.39 is 4.92 Å². The Bertz CT molecular complexity index is 1460. The van der Waals surface area contributed by atoms with Crippen LogP contribution in [-0.2, 0) is 6.54 Å². The molecule has 4 aromatic rings. The molecule has 2 heterocycles. The number of nitro groups is 1. The summed E-state index contributed by atoms with van der Waals surface area (Å²) < 4.78 is 0. The smallest absolute Gasteiger partial charge is 0.293 e. The highest BCUT2D eigenvalue weighted by Gasteiger charge is 2.26. The van der Waals surface area contributed by atoms with Crippen molar-refractivity contribution >= 4 is 28.1 Å². The summed E-state index contributed by atoms with van der Waals surface area (Å²) in [6.45, 7) is 2.94. The van der Waals surface area contributed by atoms with Crippen molar-refractivity contribution in [2.24, 2.45) is 0 Å². The fraction of sp³-hybridized carbons (Fsp3) is 0.192. The summed E-state index contributed by atoms with van der Waals surface area (Å²) in [4.78, 5) is 48.0. The summed E-state index contributed by atoms with van der Waals surface area (Å²) in [5.41, 5.74) is 1.69. The number of aromatic nitrogens is 2. The van der Waals surface area contributed by atoms with Gasteiger partial charge in [-0.15, -0.1) is 0 Å². The number of ketones is 1. The molecular weight excluding hydrogens is 446 g/mol. The Morgan fingerprint density at radius 2 is 1.66 bits per heavy atom. The number of carbonyl (C=O) groups is 1. The van der Waals surface area contributed by atoms with Gasteiger partial charge < -0.3 is 9.88 Å². The lowest BCUT2D eigenvalue weighted by Gasteiger charge is -2.35. The summed E-state index contributed by atoms with van der Waals surface area (Å²) in [5, 5.41) is 12.4. The van der Waals surface area contributed by atoms with Crippen molar-refractivity contribution in [2.75, 3.05) is 31.1 Å². The molecule has 0 saturated carbocycles. The first kappa shape index (κ1) is 22.4. The van der Waals surface area contributed by atoms with Crippen LogP contribution in [0.25, 0.3) is 10.9 Å². The average molecular weight is 470 g/mol. The molecule has 1 aromatic heterocycles. The van der Waals surface area contributed by atoms with E-state index in [1.807, 2.05) is 23.1 Å². The van der Waals surface area contributed by atoms with E-state index in [0.717, 1.165) is 0 Å². The molecule has 0 aliphatic carbocycles. The molecule has 9 nitrogen and oxygen atoms in total. The van der Waals surface area contributed by atoms with Crippen molar-refractivity contribution in [2.45, 2.75) is 6.54 Å². The van der Waals surface area contributed by atoms with E-state index in [-0.39, 0.29) is 22.6 Å². The predicted octanol–water partition coefficient (Wildman–Crippen LogP) is 3.38. The second-order valence-electron chi connectivity index (χ2n) is 8.45. The number of H-pyrrole nitrogens is 1. The fourth-order valence-electron chi connectivity index (χ4n) is 4.40. The molecule has 1 aliphatic rings. The number of benzene rings is 3. The lowest BCUT2D eigenvalue weighted by Crippen LogP contribution is -2.46. The lowest BCUT2D eigenvalue weighted by atomic mass is 10.0. The minimum Gasteiger partial charge on any atom is -0.363 e. The quantitative estimate of drug-likeness (QED) is 0.262. The predicted molar refractivity (Wildman–Crippen MR) is 133 cm³/mol. The van der Waals surface area contributed by atoms with Gasteiger partial charge in [-0.2, -0.15) is 0 Å². The minimum absolute atomic E-state index is 0.0826. The summed E-state index contributed by atoms with van der Waals surface area (Å²) >= 11 is 0. The maximum absolute atomic E-state index is 12.8. The number of nitrogens with zero attached hydrogens (tertiary/aromatic N) is 4. The summed E-state index contributed by atoms with van der Waals surface area (Å²) in [6, 6.07) is 20.6. The number of anilines is 1. The highest BCUT2D eigenvalue weighted by atomic mass is 16.6. The number of nitrogens with one attached hydrogen (secondary N) is 1. The number of nitro benzene ring substituents is 1. The molecule has 1 aliphatic heterocycles. The van der Waals surface area contributed by atoms with Crippen molar-refractivity contribution in [3.05, 3.63) is 110 Å². The van der Waals surface area contributed by atoms with Gasteiger partial charge >= 0.3 is 0 Å². The van der Waals surface area contributed by atoms with Gasteiger partial charge in [0.05, 0.1) is 22.4 Å². The molecular formula is C26H23N5O4. The first-order valence-electron chi connectivity index (χ1n) is 11.3. The third kappa shape index (κ3) is 4.67. The standard InChI is InChI=1S/C26H23N5O4/c32-25(18-6-2-1-3-7-18)19-10-11-22(23(16-19)31(34)35)30-14-12-29(13-15-30)17-24-27-21-9-5-4-8-20(21)26(33)28-24/h1-11,16H,12-15,17H2,(H,27,28,33). The maximum Gasteiger partial charge on any atom is 0.293 e. The topological polar surface area (TPSA) is 112 Å². The maximum atomic E-state index is 12.8. The number of piperazine rings is 1. The van der Waals surface area contributed by atoms with Gasteiger partial charge in [-0.25, -0.2) is 4.98 Å². The van der Waals surface area contributed by atoms with Gasteiger partial charge in [0.1, 0.15) is 11.5 Å². The van der Waals surface area contributed by atoms with E-state index in [0.29, 0.717) is 60.7 Å². The number of carbonyl (C=O) groups excluding carboxylic acids is 1. The molecule has 35 heavy (non-hydrogen) atoms. The monoisotopic (exact) mass is 469 g/mol. The number of rotatable bonds is 6. The molecule has 9 heteroatoms. The van der Waals surface area contributed by atoms with E-state index in [2.05, 4.69) is 14.9 Å². The van der Waals surface area contributed by atoms with Gasteiger partial charge in [0.15, 0.2) is 5.78 Å². The van der Waals surface area contributed by atoms with Gasteiger partial charge in [0.2, 0.25) is 0 Å². The summed E-state index contributed by atoms with van der Waals surface area (Å²) in [5.74, 6) is 0.346. The van der Waals surface area contributed by atoms with Crippen LogP contribution in [0.5, 0.6) is 0 Å². The zero-order valence-corrected chi connectivity index (χ0v) is 18.9.